The Morgan fingerprint density at radius 1 is 1.20 bits per heavy atom. The Bertz CT molecular complexity index is 1000. The van der Waals surface area contributed by atoms with Crippen molar-refractivity contribution in [2.24, 2.45) is 0 Å². The molecule has 3 rings (SSSR count). The second-order valence-electron chi connectivity index (χ2n) is 6.45. The van der Waals surface area contributed by atoms with Gasteiger partial charge in [0.2, 0.25) is 5.91 Å². The number of hydrogen-bond donors (Lipinski definition) is 1. The molecule has 1 aromatic carbocycles. The standard InChI is InChI=1S/C20H25N5O3S2/c1-5-25-17(10-28-15-8-7-13(3)9-16(15)27-6-2)23-24-20(25)30-12-18(26)22-19-21-14(4)11-29-19/h7-9,11H,5-6,10,12H2,1-4H3,(H,21,22,26). The smallest absolute Gasteiger partial charge is 0.236 e. The van der Waals surface area contributed by atoms with Gasteiger partial charge in [-0.15, -0.1) is 21.5 Å². The summed E-state index contributed by atoms with van der Waals surface area (Å²) in [6, 6.07) is 5.83. The van der Waals surface area contributed by atoms with E-state index in [2.05, 4.69) is 20.5 Å². The van der Waals surface area contributed by atoms with E-state index in [1.54, 1.807) is 0 Å². The molecule has 0 aliphatic rings. The number of aromatic nitrogens is 4. The van der Waals surface area contributed by atoms with Gasteiger partial charge in [-0.05, 0) is 45.4 Å². The lowest BCUT2D eigenvalue weighted by Gasteiger charge is -2.13. The Hall–Kier alpha value is -2.59. The van der Waals surface area contributed by atoms with Gasteiger partial charge in [-0.3, -0.25) is 4.79 Å². The SMILES string of the molecule is CCOc1cc(C)ccc1OCc1nnc(SCC(=O)Nc2nc(C)cs2)n1CC. The number of rotatable bonds is 10. The van der Waals surface area contributed by atoms with Crippen LogP contribution in [-0.2, 0) is 17.9 Å². The molecule has 10 heteroatoms. The van der Waals surface area contributed by atoms with Crippen LogP contribution in [0.25, 0.3) is 0 Å². The minimum absolute atomic E-state index is 0.126. The molecule has 1 amide bonds. The van der Waals surface area contributed by atoms with Crippen molar-refractivity contribution in [3.8, 4) is 11.5 Å². The molecule has 0 radical (unpaired) electrons. The molecule has 0 saturated heterocycles. The van der Waals surface area contributed by atoms with Crippen LogP contribution in [0.3, 0.4) is 0 Å². The predicted octanol–water partition coefficient (Wildman–Crippen LogP) is 4.08. The van der Waals surface area contributed by atoms with Crippen molar-refractivity contribution in [2.75, 3.05) is 17.7 Å². The third-order valence-electron chi connectivity index (χ3n) is 4.06. The Kier molecular flexibility index (Phi) is 7.69. The monoisotopic (exact) mass is 447 g/mol. The number of carbonyl (C=O) groups excluding carboxylic acids is 1. The van der Waals surface area contributed by atoms with Gasteiger partial charge in [0.25, 0.3) is 0 Å². The molecule has 3 aromatic rings. The van der Waals surface area contributed by atoms with Crippen molar-refractivity contribution in [2.45, 2.75) is 46.0 Å². The molecule has 8 nitrogen and oxygen atoms in total. The summed E-state index contributed by atoms with van der Waals surface area (Å²) in [6.07, 6.45) is 0. The van der Waals surface area contributed by atoms with Crippen molar-refractivity contribution in [1.29, 1.82) is 0 Å². The maximum atomic E-state index is 12.2. The number of nitrogens with zero attached hydrogens (tertiary/aromatic N) is 4. The van der Waals surface area contributed by atoms with E-state index in [4.69, 9.17) is 9.47 Å². The van der Waals surface area contributed by atoms with Crippen LogP contribution in [0.5, 0.6) is 11.5 Å². The van der Waals surface area contributed by atoms with E-state index in [1.807, 2.05) is 55.8 Å². The highest BCUT2D eigenvalue weighted by atomic mass is 32.2. The number of thiazole rings is 1. The number of ether oxygens (including phenoxy) is 2. The summed E-state index contributed by atoms with van der Waals surface area (Å²) >= 11 is 2.74. The van der Waals surface area contributed by atoms with E-state index in [9.17, 15) is 4.79 Å². The molecule has 2 aromatic heterocycles. The summed E-state index contributed by atoms with van der Waals surface area (Å²) in [7, 11) is 0. The molecule has 0 unspecified atom stereocenters. The van der Waals surface area contributed by atoms with Gasteiger partial charge in [0.1, 0.15) is 6.61 Å². The Labute approximate surface area is 184 Å². The van der Waals surface area contributed by atoms with Gasteiger partial charge in [-0.1, -0.05) is 17.8 Å². The summed E-state index contributed by atoms with van der Waals surface area (Å²) < 4.78 is 13.6. The first-order chi connectivity index (χ1) is 14.5. The van der Waals surface area contributed by atoms with Crippen molar-refractivity contribution in [3.05, 3.63) is 40.7 Å². The molecule has 160 valence electrons. The number of thioether (sulfide) groups is 1. The molecule has 0 bridgehead atoms. The molecule has 0 aliphatic heterocycles. The first-order valence-electron chi connectivity index (χ1n) is 9.63. The van der Waals surface area contributed by atoms with Crippen LogP contribution < -0.4 is 14.8 Å². The Morgan fingerprint density at radius 2 is 2.03 bits per heavy atom. The van der Waals surface area contributed by atoms with Gasteiger partial charge in [0.15, 0.2) is 27.6 Å². The quantitative estimate of drug-likeness (QED) is 0.468. The van der Waals surface area contributed by atoms with E-state index in [0.717, 1.165) is 11.3 Å². The maximum Gasteiger partial charge on any atom is 0.236 e. The highest BCUT2D eigenvalue weighted by molar-refractivity contribution is 7.99. The zero-order chi connectivity index (χ0) is 21.5. The summed E-state index contributed by atoms with van der Waals surface area (Å²) in [6.45, 7) is 9.34. The van der Waals surface area contributed by atoms with E-state index in [-0.39, 0.29) is 18.3 Å². The van der Waals surface area contributed by atoms with Crippen LogP contribution in [0.2, 0.25) is 0 Å². The lowest BCUT2D eigenvalue weighted by molar-refractivity contribution is -0.113. The summed E-state index contributed by atoms with van der Waals surface area (Å²) in [4.78, 5) is 16.4. The number of nitrogens with one attached hydrogen (secondary N) is 1. The van der Waals surface area contributed by atoms with Gasteiger partial charge in [-0.25, -0.2) is 4.98 Å². The number of amides is 1. The number of benzene rings is 1. The molecule has 0 aliphatic carbocycles. The number of hydrogen-bond acceptors (Lipinski definition) is 8. The Balaban J connectivity index is 1.61. The molecular weight excluding hydrogens is 422 g/mol. The number of carbonyl (C=O) groups is 1. The van der Waals surface area contributed by atoms with Crippen molar-refractivity contribution in [3.63, 3.8) is 0 Å². The molecule has 0 atom stereocenters. The highest BCUT2D eigenvalue weighted by Gasteiger charge is 2.15. The van der Waals surface area contributed by atoms with Gasteiger partial charge in [0.05, 0.1) is 18.1 Å². The maximum absolute atomic E-state index is 12.2. The molecule has 2 heterocycles. The summed E-state index contributed by atoms with van der Waals surface area (Å²) in [5.41, 5.74) is 1.99. The largest absolute Gasteiger partial charge is 0.490 e. The van der Waals surface area contributed by atoms with Crippen LogP contribution in [0.15, 0.2) is 28.7 Å². The zero-order valence-electron chi connectivity index (χ0n) is 17.5. The zero-order valence-corrected chi connectivity index (χ0v) is 19.1. The minimum atomic E-state index is -0.126. The van der Waals surface area contributed by atoms with Gasteiger partial charge in [0, 0.05) is 11.9 Å². The number of anilines is 1. The summed E-state index contributed by atoms with van der Waals surface area (Å²) in [5, 5.41) is 14.4. The van der Waals surface area contributed by atoms with Gasteiger partial charge < -0.3 is 19.4 Å². The number of aryl methyl sites for hydroxylation is 2. The van der Waals surface area contributed by atoms with Crippen molar-refractivity contribution in [1.82, 2.24) is 19.7 Å². The lowest BCUT2D eigenvalue weighted by Crippen LogP contribution is -2.14. The van der Waals surface area contributed by atoms with Crippen LogP contribution in [0.1, 0.15) is 30.9 Å². The predicted molar refractivity (Wildman–Crippen MR) is 119 cm³/mol. The van der Waals surface area contributed by atoms with Crippen LogP contribution in [0, 0.1) is 13.8 Å². The molecule has 0 spiro atoms. The first kappa shape index (κ1) is 22.1. The molecular formula is C20H25N5O3S2. The molecule has 1 N–H and O–H groups in total. The Morgan fingerprint density at radius 3 is 2.73 bits per heavy atom. The second kappa shape index (κ2) is 10.4. The van der Waals surface area contributed by atoms with Gasteiger partial charge >= 0.3 is 0 Å². The van der Waals surface area contributed by atoms with Gasteiger partial charge in [-0.2, -0.15) is 0 Å². The lowest BCUT2D eigenvalue weighted by atomic mass is 10.2. The average molecular weight is 448 g/mol. The van der Waals surface area contributed by atoms with Crippen molar-refractivity contribution < 1.29 is 14.3 Å². The van der Waals surface area contributed by atoms with Crippen LogP contribution in [-0.4, -0.2) is 38.0 Å². The van der Waals surface area contributed by atoms with E-state index >= 15 is 0 Å². The highest BCUT2D eigenvalue weighted by Crippen LogP contribution is 2.29. The molecule has 30 heavy (non-hydrogen) atoms. The first-order valence-corrected chi connectivity index (χ1v) is 11.5. The fourth-order valence-corrected chi connectivity index (χ4v) is 4.22. The fraction of sp³-hybridized carbons (Fsp3) is 0.400. The molecule has 0 saturated carbocycles. The van der Waals surface area contributed by atoms with E-state index < -0.39 is 0 Å². The van der Waals surface area contributed by atoms with Crippen LogP contribution in [0.4, 0.5) is 5.13 Å². The second-order valence-corrected chi connectivity index (χ2v) is 8.25. The van der Waals surface area contributed by atoms with Crippen LogP contribution >= 0.6 is 23.1 Å². The van der Waals surface area contributed by atoms with Crippen molar-refractivity contribution >= 4 is 34.1 Å². The average Bonchev–Trinajstić information content (AvgIpc) is 3.31. The fourth-order valence-electron chi connectivity index (χ4n) is 2.69. The topological polar surface area (TPSA) is 91.2 Å². The summed E-state index contributed by atoms with van der Waals surface area (Å²) in [5.74, 6) is 2.17. The minimum Gasteiger partial charge on any atom is -0.490 e. The molecule has 0 fully saturated rings. The van der Waals surface area contributed by atoms with E-state index in [0.29, 0.717) is 40.8 Å². The third kappa shape index (κ3) is 5.73. The third-order valence-corrected chi connectivity index (χ3v) is 5.91. The normalized spacial score (nSPS) is 10.8. The van der Waals surface area contributed by atoms with E-state index in [1.165, 1.54) is 23.1 Å².